The quantitative estimate of drug-likeness (QED) is 0.305. The van der Waals surface area contributed by atoms with Gasteiger partial charge in [0.2, 0.25) is 0 Å². The third-order valence-corrected chi connectivity index (χ3v) is 0.375. The second kappa shape index (κ2) is 3.42. The second-order valence-corrected chi connectivity index (χ2v) is 1.00. The summed E-state index contributed by atoms with van der Waals surface area (Å²) in [6, 6.07) is -0.273. The molecule has 0 heterocycles. The smallest absolute Gasteiger partial charge is 0.279 e. The van der Waals surface area contributed by atoms with Gasteiger partial charge < -0.3 is 16.2 Å². The highest BCUT2D eigenvalue weighted by Gasteiger charge is 1.81. The lowest BCUT2D eigenvalue weighted by atomic mass is 10.7. The Morgan fingerprint density at radius 2 is 2.29 bits per heavy atom. The minimum Gasteiger partial charge on any atom is -0.464 e. The highest BCUT2D eigenvalue weighted by molar-refractivity contribution is 5.67. The van der Waals surface area contributed by atoms with Crippen LogP contribution in [0.15, 0.2) is 0 Å². The molecule has 0 aromatic rings. The first-order valence-corrected chi connectivity index (χ1v) is 1.94. The van der Waals surface area contributed by atoms with Crippen LogP contribution >= 0.6 is 0 Å². The van der Waals surface area contributed by atoms with Crippen LogP contribution in [-0.2, 0) is 4.74 Å². The van der Waals surface area contributed by atoms with Crippen LogP contribution in [0.1, 0.15) is 0 Å². The Balaban J connectivity index is 2.82. The molecule has 7 heavy (non-hydrogen) atoms. The van der Waals surface area contributed by atoms with E-state index >= 15 is 0 Å². The summed E-state index contributed by atoms with van der Waals surface area (Å²) in [5.74, 6) is 0. The first-order valence-electron chi connectivity index (χ1n) is 1.94. The Bertz CT molecular complexity index is 63.2. The van der Waals surface area contributed by atoms with E-state index in [1.54, 1.807) is 0 Å². The van der Waals surface area contributed by atoms with E-state index in [0.717, 1.165) is 0 Å². The van der Waals surface area contributed by atoms with Crippen molar-refractivity contribution in [3.8, 4) is 0 Å². The van der Waals surface area contributed by atoms with Crippen molar-refractivity contribution < 1.29 is 4.74 Å². The molecule has 0 saturated carbocycles. The predicted octanol–water partition coefficient (Wildman–Crippen LogP) is -1.14. The highest BCUT2D eigenvalue weighted by atomic mass is 16.5. The molecule has 4 nitrogen and oxygen atoms in total. The lowest BCUT2D eigenvalue weighted by Crippen LogP contribution is -2.19. The summed E-state index contributed by atoms with van der Waals surface area (Å²) >= 11 is 0. The van der Waals surface area contributed by atoms with E-state index in [2.05, 4.69) is 4.74 Å². The number of hydrogen-bond acceptors (Lipinski definition) is 3. The third-order valence-electron chi connectivity index (χ3n) is 0.375. The fourth-order valence-corrected chi connectivity index (χ4v) is 0.169. The van der Waals surface area contributed by atoms with Crippen molar-refractivity contribution in [2.45, 2.75) is 0 Å². The van der Waals surface area contributed by atoms with Crippen LogP contribution in [0.25, 0.3) is 0 Å². The standard InChI is InChI=1S/C3H9N3O/c4-1-2-7-3(5)6/h1-2,4H2,(H3,5,6). The zero-order valence-electron chi connectivity index (χ0n) is 3.98. The summed E-state index contributed by atoms with van der Waals surface area (Å²) < 4.78 is 4.43. The number of ether oxygens (including phenoxy) is 1. The number of nitrogens with two attached hydrogens (primary N) is 2. The van der Waals surface area contributed by atoms with Gasteiger partial charge in [-0.2, -0.15) is 0 Å². The summed E-state index contributed by atoms with van der Waals surface area (Å²) in [5.41, 5.74) is 9.78. The zero-order chi connectivity index (χ0) is 5.70. The van der Waals surface area contributed by atoms with E-state index in [1.165, 1.54) is 0 Å². The number of amidine groups is 1. The Kier molecular flexibility index (Phi) is 3.04. The van der Waals surface area contributed by atoms with Crippen molar-refractivity contribution in [3.63, 3.8) is 0 Å². The predicted molar refractivity (Wildman–Crippen MR) is 26.9 cm³/mol. The number of hydrogen-bond donors (Lipinski definition) is 3. The van der Waals surface area contributed by atoms with Gasteiger partial charge in [0.1, 0.15) is 6.61 Å². The molecule has 0 aromatic carbocycles. The van der Waals surface area contributed by atoms with Crippen molar-refractivity contribution in [2.75, 3.05) is 13.2 Å². The molecular formula is C3H9N3O. The molecule has 0 unspecified atom stereocenters. The molecule has 0 amide bonds. The lowest BCUT2D eigenvalue weighted by Gasteiger charge is -1.96. The topological polar surface area (TPSA) is 85.1 Å². The van der Waals surface area contributed by atoms with E-state index < -0.39 is 0 Å². The summed E-state index contributed by atoms with van der Waals surface area (Å²) in [6.07, 6.45) is 0. The van der Waals surface area contributed by atoms with Gasteiger partial charge in [-0.15, -0.1) is 0 Å². The van der Waals surface area contributed by atoms with Gasteiger partial charge in [0.15, 0.2) is 0 Å². The normalized spacial score (nSPS) is 8.14. The molecule has 0 aliphatic rings. The van der Waals surface area contributed by atoms with Crippen LogP contribution in [-0.4, -0.2) is 19.2 Å². The third kappa shape index (κ3) is 5.23. The SMILES string of the molecule is N=C(N)OCCN. The zero-order valence-corrected chi connectivity index (χ0v) is 3.98. The van der Waals surface area contributed by atoms with Crippen LogP contribution in [0.5, 0.6) is 0 Å². The minimum atomic E-state index is -0.273. The largest absolute Gasteiger partial charge is 0.464 e. The Labute approximate surface area is 41.9 Å². The summed E-state index contributed by atoms with van der Waals surface area (Å²) in [5, 5.41) is 6.50. The van der Waals surface area contributed by atoms with Gasteiger partial charge in [0.05, 0.1) is 0 Å². The molecular weight excluding hydrogens is 94.1 g/mol. The molecule has 4 heteroatoms. The molecule has 0 aliphatic heterocycles. The van der Waals surface area contributed by atoms with Crippen LogP contribution in [0.2, 0.25) is 0 Å². The number of rotatable bonds is 2. The fraction of sp³-hybridized carbons (Fsp3) is 0.667. The van der Waals surface area contributed by atoms with Crippen molar-refractivity contribution in [3.05, 3.63) is 0 Å². The van der Waals surface area contributed by atoms with Gasteiger partial charge in [0.25, 0.3) is 6.02 Å². The van der Waals surface area contributed by atoms with Crippen LogP contribution in [0.4, 0.5) is 0 Å². The van der Waals surface area contributed by atoms with E-state index in [1.807, 2.05) is 0 Å². The average molecular weight is 103 g/mol. The van der Waals surface area contributed by atoms with Gasteiger partial charge in [-0.1, -0.05) is 0 Å². The van der Waals surface area contributed by atoms with E-state index in [9.17, 15) is 0 Å². The monoisotopic (exact) mass is 103 g/mol. The molecule has 0 fully saturated rings. The average Bonchev–Trinajstić information content (AvgIpc) is 1.61. The van der Waals surface area contributed by atoms with Crippen molar-refractivity contribution >= 4 is 6.02 Å². The van der Waals surface area contributed by atoms with Gasteiger partial charge in [0, 0.05) is 6.54 Å². The molecule has 0 spiro atoms. The van der Waals surface area contributed by atoms with Crippen molar-refractivity contribution in [2.24, 2.45) is 11.5 Å². The highest BCUT2D eigenvalue weighted by Crippen LogP contribution is 1.63. The van der Waals surface area contributed by atoms with Crippen LogP contribution in [0.3, 0.4) is 0 Å². The summed E-state index contributed by atoms with van der Waals surface area (Å²) in [7, 11) is 0. The molecule has 5 N–H and O–H groups in total. The molecule has 0 saturated heterocycles. The Hall–Kier alpha value is -0.770. The van der Waals surface area contributed by atoms with Gasteiger partial charge >= 0.3 is 0 Å². The molecule has 0 bridgehead atoms. The molecule has 0 aliphatic carbocycles. The van der Waals surface area contributed by atoms with Crippen molar-refractivity contribution in [1.82, 2.24) is 0 Å². The maximum atomic E-state index is 6.50. The first kappa shape index (κ1) is 6.23. The Morgan fingerprint density at radius 1 is 1.71 bits per heavy atom. The van der Waals surface area contributed by atoms with E-state index in [4.69, 9.17) is 16.9 Å². The van der Waals surface area contributed by atoms with E-state index in [0.29, 0.717) is 13.2 Å². The molecule has 42 valence electrons. The van der Waals surface area contributed by atoms with Gasteiger partial charge in [-0.25, -0.2) is 0 Å². The van der Waals surface area contributed by atoms with Crippen molar-refractivity contribution in [1.29, 1.82) is 5.41 Å². The van der Waals surface area contributed by atoms with Crippen LogP contribution in [0, 0.1) is 5.41 Å². The second-order valence-electron chi connectivity index (χ2n) is 1.00. The molecule has 0 atom stereocenters. The summed E-state index contributed by atoms with van der Waals surface area (Å²) in [4.78, 5) is 0. The van der Waals surface area contributed by atoms with Crippen LogP contribution < -0.4 is 11.5 Å². The van der Waals surface area contributed by atoms with Gasteiger partial charge in [-0.3, -0.25) is 5.41 Å². The van der Waals surface area contributed by atoms with Gasteiger partial charge in [-0.05, 0) is 0 Å². The minimum absolute atomic E-state index is 0.273. The molecule has 0 radical (unpaired) electrons. The summed E-state index contributed by atoms with van der Waals surface area (Å²) in [6.45, 7) is 0.731. The first-order chi connectivity index (χ1) is 3.27. The molecule has 0 rings (SSSR count). The Morgan fingerprint density at radius 3 is 2.43 bits per heavy atom. The van der Waals surface area contributed by atoms with E-state index in [-0.39, 0.29) is 6.02 Å². The maximum absolute atomic E-state index is 6.50. The molecule has 0 aromatic heterocycles. The lowest BCUT2D eigenvalue weighted by molar-refractivity contribution is 0.307. The number of nitrogens with one attached hydrogen (secondary N) is 1. The maximum Gasteiger partial charge on any atom is 0.279 e. The fourth-order valence-electron chi connectivity index (χ4n) is 0.169.